The first-order valence-electron chi connectivity index (χ1n) is 7.51. The van der Waals surface area contributed by atoms with Crippen LogP contribution in [0.4, 0.5) is 8.78 Å². The zero-order valence-corrected chi connectivity index (χ0v) is 12.3. The molecule has 1 saturated heterocycles. The first kappa shape index (κ1) is 14.7. The Hall–Kier alpha value is -1.20. The van der Waals surface area contributed by atoms with Gasteiger partial charge in [-0.25, -0.2) is 8.78 Å². The van der Waals surface area contributed by atoms with Gasteiger partial charge < -0.3 is 9.47 Å². The van der Waals surface area contributed by atoms with Crippen molar-refractivity contribution >= 4 is 0 Å². The normalized spacial score (nSPS) is 21.9. The number of rotatable bonds is 3. The Morgan fingerprint density at radius 3 is 2.76 bits per heavy atom. The predicted molar refractivity (Wildman–Crippen MR) is 75.3 cm³/mol. The van der Waals surface area contributed by atoms with E-state index < -0.39 is 11.6 Å². The minimum Gasteiger partial charge on any atom is -0.496 e. The number of morpholine rings is 1. The van der Waals surface area contributed by atoms with Gasteiger partial charge in [0.1, 0.15) is 5.75 Å². The molecule has 1 aromatic carbocycles. The fraction of sp³-hybridized carbons (Fsp3) is 0.625. The maximum atomic E-state index is 14.1. The standard InChI is InChI=1S/C16H21F2NO2/c1-20-14-5-4-13(17)15(18)12(14)10-19-8-9-21-16(11-19)6-2-3-7-16/h4-5H,2-3,6-11H2,1H3. The molecule has 21 heavy (non-hydrogen) atoms. The fourth-order valence-corrected chi connectivity index (χ4v) is 3.52. The van der Waals surface area contributed by atoms with E-state index in [1.807, 2.05) is 0 Å². The molecule has 1 aromatic rings. The molecule has 0 radical (unpaired) electrons. The molecule has 1 aliphatic heterocycles. The summed E-state index contributed by atoms with van der Waals surface area (Å²) in [5.74, 6) is -1.23. The van der Waals surface area contributed by atoms with Crippen molar-refractivity contribution in [1.29, 1.82) is 0 Å². The average Bonchev–Trinajstić information content (AvgIpc) is 2.92. The van der Waals surface area contributed by atoms with Crippen LogP contribution in [0.5, 0.6) is 5.75 Å². The second-order valence-corrected chi connectivity index (χ2v) is 5.99. The zero-order chi connectivity index (χ0) is 14.9. The van der Waals surface area contributed by atoms with E-state index in [0.717, 1.165) is 32.0 Å². The fourth-order valence-electron chi connectivity index (χ4n) is 3.52. The molecule has 1 spiro atoms. The Bertz CT molecular complexity index is 515. The molecule has 2 aliphatic rings. The molecule has 3 nitrogen and oxygen atoms in total. The van der Waals surface area contributed by atoms with Crippen LogP contribution in [0.1, 0.15) is 31.2 Å². The van der Waals surface area contributed by atoms with Crippen LogP contribution in [0.3, 0.4) is 0 Å². The molecule has 1 heterocycles. The van der Waals surface area contributed by atoms with Crippen LogP contribution in [-0.4, -0.2) is 37.3 Å². The lowest BCUT2D eigenvalue weighted by Gasteiger charge is -2.40. The molecule has 116 valence electrons. The number of halogens is 2. The Labute approximate surface area is 123 Å². The smallest absolute Gasteiger partial charge is 0.167 e. The molecule has 0 amide bonds. The Kier molecular flexibility index (Phi) is 4.13. The highest BCUT2D eigenvalue weighted by Crippen LogP contribution is 2.36. The summed E-state index contributed by atoms with van der Waals surface area (Å²) in [6.45, 7) is 2.53. The van der Waals surface area contributed by atoms with E-state index in [4.69, 9.17) is 9.47 Å². The summed E-state index contributed by atoms with van der Waals surface area (Å²) in [5.41, 5.74) is 0.225. The number of hydrogen-bond acceptors (Lipinski definition) is 3. The van der Waals surface area contributed by atoms with Crippen LogP contribution in [-0.2, 0) is 11.3 Å². The molecule has 1 saturated carbocycles. The first-order chi connectivity index (χ1) is 10.1. The van der Waals surface area contributed by atoms with Gasteiger partial charge in [0, 0.05) is 25.2 Å². The van der Waals surface area contributed by atoms with E-state index in [9.17, 15) is 8.78 Å². The van der Waals surface area contributed by atoms with E-state index in [1.54, 1.807) is 0 Å². The number of nitrogens with zero attached hydrogens (tertiary/aromatic N) is 1. The molecule has 1 aliphatic carbocycles. The Balaban J connectivity index is 1.78. The minimum atomic E-state index is -0.824. The van der Waals surface area contributed by atoms with Crippen molar-refractivity contribution < 1.29 is 18.3 Å². The van der Waals surface area contributed by atoms with Crippen molar-refractivity contribution in [1.82, 2.24) is 4.90 Å². The minimum absolute atomic E-state index is 0.0741. The van der Waals surface area contributed by atoms with Crippen LogP contribution < -0.4 is 4.74 Å². The molecular weight excluding hydrogens is 276 g/mol. The quantitative estimate of drug-likeness (QED) is 0.855. The van der Waals surface area contributed by atoms with Gasteiger partial charge in [-0.05, 0) is 25.0 Å². The van der Waals surface area contributed by atoms with Crippen molar-refractivity contribution in [3.8, 4) is 5.75 Å². The summed E-state index contributed by atoms with van der Waals surface area (Å²) in [7, 11) is 1.48. The molecule has 0 atom stereocenters. The van der Waals surface area contributed by atoms with Gasteiger partial charge in [0.05, 0.1) is 19.3 Å². The van der Waals surface area contributed by atoms with Crippen molar-refractivity contribution in [2.45, 2.75) is 37.8 Å². The summed E-state index contributed by atoms with van der Waals surface area (Å²) < 4.78 is 38.7. The van der Waals surface area contributed by atoms with E-state index in [2.05, 4.69) is 4.90 Å². The Morgan fingerprint density at radius 2 is 2.05 bits per heavy atom. The number of ether oxygens (including phenoxy) is 2. The second kappa shape index (κ2) is 5.89. The third kappa shape index (κ3) is 2.90. The third-order valence-electron chi connectivity index (χ3n) is 4.60. The third-order valence-corrected chi connectivity index (χ3v) is 4.60. The van der Waals surface area contributed by atoms with E-state index >= 15 is 0 Å². The molecule has 2 fully saturated rings. The number of hydrogen-bond donors (Lipinski definition) is 0. The SMILES string of the molecule is COc1ccc(F)c(F)c1CN1CCOC2(CCCC2)C1. The number of benzene rings is 1. The molecule has 0 aromatic heterocycles. The topological polar surface area (TPSA) is 21.7 Å². The summed E-state index contributed by atoms with van der Waals surface area (Å²) in [5, 5.41) is 0. The number of methoxy groups -OCH3 is 1. The van der Waals surface area contributed by atoms with E-state index in [1.165, 1.54) is 26.0 Å². The van der Waals surface area contributed by atoms with E-state index in [-0.39, 0.29) is 5.60 Å². The van der Waals surface area contributed by atoms with Gasteiger partial charge in [-0.2, -0.15) is 0 Å². The molecular formula is C16H21F2NO2. The van der Waals surface area contributed by atoms with Gasteiger partial charge >= 0.3 is 0 Å². The van der Waals surface area contributed by atoms with Gasteiger partial charge in [-0.15, -0.1) is 0 Å². The summed E-state index contributed by atoms with van der Waals surface area (Å²) >= 11 is 0. The lowest BCUT2D eigenvalue weighted by Crippen LogP contribution is -2.49. The average molecular weight is 297 g/mol. The van der Waals surface area contributed by atoms with Gasteiger partial charge in [-0.3, -0.25) is 4.90 Å². The highest BCUT2D eigenvalue weighted by molar-refractivity contribution is 5.35. The van der Waals surface area contributed by atoms with Crippen LogP contribution in [0.2, 0.25) is 0 Å². The van der Waals surface area contributed by atoms with Crippen LogP contribution in [0.25, 0.3) is 0 Å². The summed E-state index contributed by atoms with van der Waals surface area (Å²) in [4.78, 5) is 2.15. The maximum Gasteiger partial charge on any atom is 0.167 e. The van der Waals surface area contributed by atoms with Crippen LogP contribution in [0, 0.1) is 11.6 Å². The van der Waals surface area contributed by atoms with E-state index in [0.29, 0.717) is 24.5 Å². The lowest BCUT2D eigenvalue weighted by atomic mass is 9.99. The molecule has 0 N–H and O–H groups in total. The second-order valence-electron chi connectivity index (χ2n) is 5.99. The van der Waals surface area contributed by atoms with Crippen molar-refractivity contribution in [2.24, 2.45) is 0 Å². The molecule has 5 heteroatoms. The van der Waals surface area contributed by atoms with Crippen molar-refractivity contribution in [3.63, 3.8) is 0 Å². The van der Waals surface area contributed by atoms with Gasteiger partial charge in [0.25, 0.3) is 0 Å². The van der Waals surface area contributed by atoms with Crippen LogP contribution in [0.15, 0.2) is 12.1 Å². The summed E-state index contributed by atoms with van der Waals surface area (Å²) in [6.07, 6.45) is 4.50. The highest BCUT2D eigenvalue weighted by atomic mass is 19.2. The first-order valence-corrected chi connectivity index (χ1v) is 7.51. The lowest BCUT2D eigenvalue weighted by molar-refractivity contribution is -0.107. The van der Waals surface area contributed by atoms with Crippen molar-refractivity contribution in [3.05, 3.63) is 29.3 Å². The molecule has 0 bridgehead atoms. The highest BCUT2D eigenvalue weighted by Gasteiger charge is 2.39. The maximum absolute atomic E-state index is 14.1. The van der Waals surface area contributed by atoms with Gasteiger partial charge in [0.15, 0.2) is 11.6 Å². The van der Waals surface area contributed by atoms with Gasteiger partial charge in [-0.1, -0.05) is 12.8 Å². The van der Waals surface area contributed by atoms with Crippen LogP contribution >= 0.6 is 0 Å². The Morgan fingerprint density at radius 1 is 1.29 bits per heavy atom. The zero-order valence-electron chi connectivity index (χ0n) is 12.3. The molecule has 0 unspecified atom stereocenters. The molecule has 3 rings (SSSR count). The summed E-state index contributed by atoms with van der Waals surface area (Å²) in [6, 6.07) is 2.59. The largest absolute Gasteiger partial charge is 0.496 e. The monoisotopic (exact) mass is 297 g/mol. The van der Waals surface area contributed by atoms with Gasteiger partial charge in [0.2, 0.25) is 0 Å². The van der Waals surface area contributed by atoms with Crippen molar-refractivity contribution in [2.75, 3.05) is 26.8 Å². The predicted octanol–water partition coefficient (Wildman–Crippen LogP) is 3.12.